The Morgan fingerprint density at radius 2 is 1.81 bits per heavy atom. The van der Waals surface area contributed by atoms with Gasteiger partial charge in [0.2, 0.25) is 0 Å². The minimum Gasteiger partial charge on any atom is -0.306 e. The Labute approximate surface area is 98.8 Å². The van der Waals surface area contributed by atoms with Crippen molar-refractivity contribution in [3.63, 3.8) is 0 Å². The Balaban J connectivity index is 1.77. The number of likely N-dealkylation sites (tertiary alicyclic amines) is 1. The van der Waals surface area contributed by atoms with E-state index in [2.05, 4.69) is 48.4 Å². The van der Waals surface area contributed by atoms with E-state index < -0.39 is 0 Å². The molecule has 0 saturated carbocycles. The summed E-state index contributed by atoms with van der Waals surface area (Å²) in [5.41, 5.74) is 3.11. The van der Waals surface area contributed by atoms with Gasteiger partial charge in [-0.1, -0.05) is 42.0 Å². The van der Waals surface area contributed by atoms with Crippen LogP contribution in [0.4, 0.5) is 0 Å². The fourth-order valence-corrected chi connectivity index (χ4v) is 2.20. The van der Waals surface area contributed by atoms with Gasteiger partial charge < -0.3 is 4.90 Å². The maximum absolute atomic E-state index is 2.46. The van der Waals surface area contributed by atoms with E-state index in [0.29, 0.717) is 0 Å². The largest absolute Gasteiger partial charge is 0.306 e. The van der Waals surface area contributed by atoms with E-state index in [4.69, 9.17) is 0 Å². The lowest BCUT2D eigenvalue weighted by Crippen LogP contribution is -2.26. The van der Waals surface area contributed by atoms with Crippen LogP contribution < -0.4 is 0 Å². The van der Waals surface area contributed by atoms with Crippen LogP contribution in [-0.4, -0.2) is 25.0 Å². The van der Waals surface area contributed by atoms with Gasteiger partial charge >= 0.3 is 0 Å². The molecule has 1 nitrogen and oxygen atoms in total. The zero-order valence-electron chi connectivity index (χ0n) is 10.2. The molecule has 0 radical (unpaired) electrons. The van der Waals surface area contributed by atoms with E-state index in [-0.39, 0.29) is 0 Å². The number of allylic oxidation sites excluding steroid dienone is 1. The summed E-state index contributed by atoms with van der Waals surface area (Å²) in [6.07, 6.45) is 7.37. The van der Waals surface area contributed by atoms with Crippen LogP contribution in [0.2, 0.25) is 0 Å². The van der Waals surface area contributed by atoms with Crippen molar-refractivity contribution < 1.29 is 0 Å². The van der Waals surface area contributed by atoms with Crippen molar-refractivity contribution in [1.82, 2.24) is 4.90 Å². The fourth-order valence-electron chi connectivity index (χ4n) is 2.20. The molecule has 1 heterocycles. The van der Waals surface area contributed by atoms with Crippen molar-refractivity contribution in [2.75, 3.05) is 20.1 Å². The lowest BCUT2D eigenvalue weighted by molar-refractivity contribution is 0.312. The lowest BCUT2D eigenvalue weighted by atomic mass is 10.0. The fraction of sp³-hybridized carbons (Fsp3) is 0.467. The Kier molecular flexibility index (Phi) is 4.17. The molecule has 0 aliphatic carbocycles. The van der Waals surface area contributed by atoms with Crippen LogP contribution in [0.25, 0.3) is 0 Å². The molecular formula is C15H21N. The van der Waals surface area contributed by atoms with Crippen LogP contribution >= 0.6 is 0 Å². The highest BCUT2D eigenvalue weighted by molar-refractivity contribution is 5.16. The molecule has 1 saturated heterocycles. The van der Waals surface area contributed by atoms with E-state index in [1.54, 1.807) is 5.57 Å². The van der Waals surface area contributed by atoms with Gasteiger partial charge in [-0.25, -0.2) is 0 Å². The molecule has 1 aromatic carbocycles. The third kappa shape index (κ3) is 3.49. The van der Waals surface area contributed by atoms with E-state index in [9.17, 15) is 0 Å². The molecule has 16 heavy (non-hydrogen) atoms. The molecule has 0 aromatic heterocycles. The molecule has 0 atom stereocenters. The van der Waals surface area contributed by atoms with Gasteiger partial charge in [-0.3, -0.25) is 0 Å². The monoisotopic (exact) mass is 215 g/mol. The van der Waals surface area contributed by atoms with Gasteiger partial charge in [0.1, 0.15) is 0 Å². The van der Waals surface area contributed by atoms with Crippen LogP contribution in [0.15, 0.2) is 42.0 Å². The van der Waals surface area contributed by atoms with Crippen molar-refractivity contribution in [1.29, 1.82) is 0 Å². The number of hydrogen-bond donors (Lipinski definition) is 0. The van der Waals surface area contributed by atoms with Crippen molar-refractivity contribution in [3.8, 4) is 0 Å². The van der Waals surface area contributed by atoms with Gasteiger partial charge in [-0.05, 0) is 38.3 Å². The van der Waals surface area contributed by atoms with Crippen LogP contribution in [0.3, 0.4) is 0 Å². The van der Waals surface area contributed by atoms with Crippen molar-refractivity contribution >= 4 is 0 Å². The Hall–Kier alpha value is -1.08. The average molecular weight is 215 g/mol. The first-order valence-electron chi connectivity index (χ1n) is 6.25. The molecule has 1 aliphatic rings. The number of rotatable bonds is 3. The van der Waals surface area contributed by atoms with Gasteiger partial charge in [0.15, 0.2) is 0 Å². The second-order valence-corrected chi connectivity index (χ2v) is 4.69. The molecule has 86 valence electrons. The number of hydrogen-bond acceptors (Lipinski definition) is 1. The summed E-state index contributed by atoms with van der Waals surface area (Å²) in [6, 6.07) is 10.8. The average Bonchev–Trinajstić information content (AvgIpc) is 2.33. The van der Waals surface area contributed by atoms with Crippen molar-refractivity contribution in [2.45, 2.75) is 25.7 Å². The number of aryl methyl sites for hydroxylation is 1. The summed E-state index contributed by atoms with van der Waals surface area (Å²) in [5, 5.41) is 0. The maximum Gasteiger partial charge on any atom is 0.00157 e. The van der Waals surface area contributed by atoms with Crippen LogP contribution in [0.5, 0.6) is 0 Å². The predicted octanol–water partition coefficient (Wildman–Crippen LogP) is 3.27. The second kappa shape index (κ2) is 5.86. The number of piperidine rings is 1. The number of benzene rings is 1. The van der Waals surface area contributed by atoms with Crippen LogP contribution in [-0.2, 0) is 6.42 Å². The van der Waals surface area contributed by atoms with Gasteiger partial charge in [0.05, 0.1) is 0 Å². The van der Waals surface area contributed by atoms with Gasteiger partial charge in [-0.15, -0.1) is 0 Å². The summed E-state index contributed by atoms with van der Waals surface area (Å²) in [4.78, 5) is 2.41. The molecule has 2 rings (SSSR count). The minimum atomic E-state index is 1.18. The standard InChI is InChI=1S/C15H21N/c1-16-12-10-15(11-13-16)9-5-8-14-6-3-2-4-7-14/h2-4,6-7,9H,5,8,10-13H2,1H3. The van der Waals surface area contributed by atoms with E-state index in [0.717, 1.165) is 0 Å². The summed E-state index contributed by atoms with van der Waals surface area (Å²) < 4.78 is 0. The molecule has 0 amide bonds. The van der Waals surface area contributed by atoms with E-state index >= 15 is 0 Å². The molecule has 1 aliphatic heterocycles. The SMILES string of the molecule is CN1CCC(=CCCc2ccccc2)CC1. The highest BCUT2D eigenvalue weighted by Crippen LogP contribution is 2.16. The third-order valence-corrected chi connectivity index (χ3v) is 3.34. The second-order valence-electron chi connectivity index (χ2n) is 4.69. The van der Waals surface area contributed by atoms with Crippen molar-refractivity contribution in [2.24, 2.45) is 0 Å². The van der Waals surface area contributed by atoms with Gasteiger partial charge in [0.25, 0.3) is 0 Å². The molecule has 1 fully saturated rings. The normalized spacial score (nSPS) is 17.4. The summed E-state index contributed by atoms with van der Waals surface area (Å²) in [6.45, 7) is 2.47. The third-order valence-electron chi connectivity index (χ3n) is 3.34. The van der Waals surface area contributed by atoms with Crippen LogP contribution in [0, 0.1) is 0 Å². The Morgan fingerprint density at radius 3 is 2.50 bits per heavy atom. The van der Waals surface area contributed by atoms with Gasteiger partial charge in [0, 0.05) is 13.1 Å². The first kappa shape index (κ1) is 11.4. The van der Waals surface area contributed by atoms with Gasteiger partial charge in [-0.2, -0.15) is 0 Å². The number of nitrogens with zero attached hydrogens (tertiary/aromatic N) is 1. The smallest absolute Gasteiger partial charge is 0.00157 e. The Bertz CT molecular complexity index is 330. The quantitative estimate of drug-likeness (QED) is 0.699. The highest BCUT2D eigenvalue weighted by atomic mass is 15.1. The molecule has 0 bridgehead atoms. The van der Waals surface area contributed by atoms with E-state index in [1.807, 2.05) is 0 Å². The molecule has 0 unspecified atom stereocenters. The zero-order valence-corrected chi connectivity index (χ0v) is 10.2. The molecule has 1 heteroatoms. The summed E-state index contributed by atoms with van der Waals surface area (Å²) in [5.74, 6) is 0. The highest BCUT2D eigenvalue weighted by Gasteiger charge is 2.08. The lowest BCUT2D eigenvalue weighted by Gasteiger charge is -2.24. The zero-order chi connectivity index (χ0) is 11.2. The first-order chi connectivity index (χ1) is 7.84. The maximum atomic E-state index is 2.46. The van der Waals surface area contributed by atoms with E-state index in [1.165, 1.54) is 44.3 Å². The summed E-state index contributed by atoms with van der Waals surface area (Å²) in [7, 11) is 2.21. The van der Waals surface area contributed by atoms with Crippen LogP contribution in [0.1, 0.15) is 24.8 Å². The summed E-state index contributed by atoms with van der Waals surface area (Å²) >= 11 is 0. The molecule has 0 spiro atoms. The topological polar surface area (TPSA) is 3.24 Å². The van der Waals surface area contributed by atoms with Crippen molar-refractivity contribution in [3.05, 3.63) is 47.5 Å². The molecule has 0 N–H and O–H groups in total. The molecule has 1 aromatic rings. The molecular weight excluding hydrogens is 194 g/mol. The predicted molar refractivity (Wildman–Crippen MR) is 69.6 cm³/mol. The first-order valence-corrected chi connectivity index (χ1v) is 6.25. The Morgan fingerprint density at radius 1 is 1.12 bits per heavy atom. The minimum absolute atomic E-state index is 1.18.